The predicted octanol–water partition coefficient (Wildman–Crippen LogP) is 1.86. The van der Waals surface area contributed by atoms with Gasteiger partial charge in [-0.1, -0.05) is 23.4 Å². The molecule has 2 aromatic carbocycles. The van der Waals surface area contributed by atoms with Crippen LogP contribution in [0, 0.1) is 5.82 Å². The van der Waals surface area contributed by atoms with Gasteiger partial charge in [0.1, 0.15) is 30.4 Å². The van der Waals surface area contributed by atoms with Crippen LogP contribution in [0.15, 0.2) is 54.7 Å². The Morgan fingerprint density at radius 2 is 2.04 bits per heavy atom. The first-order valence-corrected chi connectivity index (χ1v) is 8.01. The van der Waals surface area contributed by atoms with Gasteiger partial charge in [-0.15, -0.1) is 5.10 Å². The number of aromatic nitrogens is 3. The lowest BCUT2D eigenvalue weighted by atomic mass is 10.1. The number of amides is 1. The summed E-state index contributed by atoms with van der Waals surface area (Å²) >= 11 is 0. The molecule has 3 rings (SSSR count). The maximum absolute atomic E-state index is 13.0. The van der Waals surface area contributed by atoms with Gasteiger partial charge in [-0.25, -0.2) is 9.07 Å². The second kappa shape index (κ2) is 8.11. The maximum atomic E-state index is 13.0. The average molecular weight is 355 g/mol. The molecule has 0 saturated heterocycles. The summed E-state index contributed by atoms with van der Waals surface area (Å²) in [4.78, 5) is 11.9. The molecular formula is C18H18FN5O2. The lowest BCUT2D eigenvalue weighted by molar-refractivity contribution is -0.121. The number of anilines is 1. The highest BCUT2D eigenvalue weighted by molar-refractivity contribution is 5.75. The summed E-state index contributed by atoms with van der Waals surface area (Å²) in [6.07, 6.45) is 1.69. The second-order valence-electron chi connectivity index (χ2n) is 5.58. The lowest BCUT2D eigenvalue weighted by Crippen LogP contribution is -2.31. The van der Waals surface area contributed by atoms with Crippen molar-refractivity contribution in [3.05, 3.63) is 60.5 Å². The maximum Gasteiger partial charge on any atom is 0.241 e. The minimum Gasteiger partial charge on any atom is -0.492 e. The summed E-state index contributed by atoms with van der Waals surface area (Å²) < 4.78 is 19.8. The number of benzene rings is 2. The number of nitrogens with one attached hydrogen (secondary N) is 1. The van der Waals surface area contributed by atoms with Crippen LogP contribution in [0.25, 0.3) is 11.3 Å². The SMILES string of the molecule is Nc1ccc(-c2cn(CC(=O)NCCOc3cccc(F)c3)nn2)cc1. The summed E-state index contributed by atoms with van der Waals surface area (Å²) in [5.41, 5.74) is 7.85. The van der Waals surface area contributed by atoms with Crippen LogP contribution in [0.1, 0.15) is 0 Å². The van der Waals surface area contributed by atoms with E-state index in [0.717, 1.165) is 5.56 Å². The molecule has 26 heavy (non-hydrogen) atoms. The zero-order valence-electron chi connectivity index (χ0n) is 13.9. The first kappa shape index (κ1) is 17.4. The summed E-state index contributed by atoms with van der Waals surface area (Å²) in [5.74, 6) is -0.167. The molecule has 1 amide bonds. The number of nitrogens with two attached hydrogens (primary N) is 1. The van der Waals surface area contributed by atoms with Gasteiger partial charge in [0.15, 0.2) is 0 Å². The fourth-order valence-corrected chi connectivity index (χ4v) is 2.28. The van der Waals surface area contributed by atoms with Crippen LogP contribution in [-0.2, 0) is 11.3 Å². The molecule has 0 saturated carbocycles. The Balaban J connectivity index is 1.44. The highest BCUT2D eigenvalue weighted by Gasteiger charge is 2.07. The van der Waals surface area contributed by atoms with E-state index in [4.69, 9.17) is 10.5 Å². The van der Waals surface area contributed by atoms with Crippen LogP contribution < -0.4 is 15.8 Å². The van der Waals surface area contributed by atoms with E-state index in [2.05, 4.69) is 15.6 Å². The van der Waals surface area contributed by atoms with Crippen LogP contribution >= 0.6 is 0 Å². The third kappa shape index (κ3) is 4.79. The monoisotopic (exact) mass is 355 g/mol. The van der Waals surface area contributed by atoms with Crippen molar-refractivity contribution in [3.63, 3.8) is 0 Å². The molecule has 0 unspecified atom stereocenters. The van der Waals surface area contributed by atoms with Gasteiger partial charge in [0, 0.05) is 17.3 Å². The summed E-state index contributed by atoms with van der Waals surface area (Å²) in [5, 5.41) is 10.7. The first-order chi connectivity index (χ1) is 12.6. The first-order valence-electron chi connectivity index (χ1n) is 8.01. The van der Waals surface area contributed by atoms with E-state index in [9.17, 15) is 9.18 Å². The van der Waals surface area contributed by atoms with Gasteiger partial charge in [0.2, 0.25) is 5.91 Å². The van der Waals surface area contributed by atoms with E-state index >= 15 is 0 Å². The fourth-order valence-electron chi connectivity index (χ4n) is 2.28. The number of hydrogen-bond donors (Lipinski definition) is 2. The second-order valence-corrected chi connectivity index (χ2v) is 5.58. The van der Waals surface area contributed by atoms with Crippen LogP contribution in [0.5, 0.6) is 5.75 Å². The zero-order valence-corrected chi connectivity index (χ0v) is 13.9. The van der Waals surface area contributed by atoms with E-state index in [0.29, 0.717) is 23.7 Å². The van der Waals surface area contributed by atoms with Gasteiger partial charge in [0.25, 0.3) is 0 Å². The number of rotatable bonds is 7. The number of carbonyl (C=O) groups is 1. The largest absolute Gasteiger partial charge is 0.492 e. The lowest BCUT2D eigenvalue weighted by Gasteiger charge is -2.07. The molecule has 7 nitrogen and oxygen atoms in total. The van der Waals surface area contributed by atoms with Crippen LogP contribution in [0.3, 0.4) is 0 Å². The molecule has 0 fully saturated rings. The Morgan fingerprint density at radius 1 is 1.23 bits per heavy atom. The quantitative estimate of drug-likeness (QED) is 0.498. The molecule has 3 aromatic rings. The molecular weight excluding hydrogens is 337 g/mol. The average Bonchev–Trinajstić information content (AvgIpc) is 3.08. The van der Waals surface area contributed by atoms with Gasteiger partial charge in [-0.3, -0.25) is 4.79 Å². The van der Waals surface area contributed by atoms with Gasteiger partial charge >= 0.3 is 0 Å². The van der Waals surface area contributed by atoms with Gasteiger partial charge in [-0.05, 0) is 24.3 Å². The van der Waals surface area contributed by atoms with Gasteiger partial charge in [-0.2, -0.15) is 0 Å². The van der Waals surface area contributed by atoms with Crippen LogP contribution in [-0.4, -0.2) is 34.1 Å². The molecule has 0 aliphatic carbocycles. The Bertz CT molecular complexity index is 879. The third-order valence-corrected chi connectivity index (χ3v) is 3.54. The molecule has 134 valence electrons. The van der Waals surface area contributed by atoms with Gasteiger partial charge < -0.3 is 15.8 Å². The molecule has 0 radical (unpaired) electrons. The van der Waals surface area contributed by atoms with E-state index < -0.39 is 0 Å². The minimum absolute atomic E-state index is 0.0436. The predicted molar refractivity (Wildman–Crippen MR) is 94.8 cm³/mol. The number of ether oxygens (including phenoxy) is 1. The molecule has 0 spiro atoms. The number of nitrogen functional groups attached to an aromatic ring is 1. The Morgan fingerprint density at radius 3 is 2.81 bits per heavy atom. The number of carbonyl (C=O) groups excluding carboxylic acids is 1. The van der Waals surface area contributed by atoms with Crippen molar-refractivity contribution in [2.45, 2.75) is 6.54 Å². The topological polar surface area (TPSA) is 95.1 Å². The van der Waals surface area contributed by atoms with E-state index in [-0.39, 0.29) is 24.9 Å². The standard InChI is InChI=1S/C18H18FN5O2/c19-14-2-1-3-16(10-14)26-9-8-21-18(25)12-24-11-17(22-23-24)13-4-6-15(20)7-5-13/h1-7,10-11H,8-9,12,20H2,(H,21,25). The van der Waals surface area contributed by atoms with Crippen molar-refractivity contribution < 1.29 is 13.9 Å². The number of hydrogen-bond acceptors (Lipinski definition) is 5. The molecule has 1 heterocycles. The fraction of sp³-hybridized carbons (Fsp3) is 0.167. The molecule has 1 aromatic heterocycles. The van der Waals surface area contributed by atoms with Crippen molar-refractivity contribution >= 4 is 11.6 Å². The zero-order chi connectivity index (χ0) is 18.4. The van der Waals surface area contributed by atoms with Crippen molar-refractivity contribution in [1.82, 2.24) is 20.3 Å². The third-order valence-electron chi connectivity index (χ3n) is 3.54. The Labute approximate surface area is 149 Å². The number of nitrogens with zero attached hydrogens (tertiary/aromatic N) is 3. The Hall–Kier alpha value is -3.42. The summed E-state index contributed by atoms with van der Waals surface area (Å²) in [7, 11) is 0. The molecule has 8 heteroatoms. The highest BCUT2D eigenvalue weighted by Crippen LogP contribution is 2.17. The molecule has 0 bridgehead atoms. The normalized spacial score (nSPS) is 10.5. The molecule has 0 aliphatic rings. The minimum atomic E-state index is -0.366. The smallest absolute Gasteiger partial charge is 0.241 e. The molecule has 0 aliphatic heterocycles. The Kier molecular flexibility index (Phi) is 5.43. The van der Waals surface area contributed by atoms with E-state index in [1.807, 2.05) is 12.1 Å². The van der Waals surface area contributed by atoms with Crippen molar-refractivity contribution in [3.8, 4) is 17.0 Å². The van der Waals surface area contributed by atoms with E-state index in [1.54, 1.807) is 30.5 Å². The molecule has 0 atom stereocenters. The molecule has 3 N–H and O–H groups in total. The number of halogens is 1. The summed E-state index contributed by atoms with van der Waals surface area (Å²) in [6, 6.07) is 13.1. The highest BCUT2D eigenvalue weighted by atomic mass is 19.1. The van der Waals surface area contributed by atoms with Crippen LogP contribution in [0.2, 0.25) is 0 Å². The van der Waals surface area contributed by atoms with Crippen molar-refractivity contribution in [1.29, 1.82) is 0 Å². The van der Waals surface area contributed by atoms with Gasteiger partial charge in [0.05, 0.1) is 12.7 Å². The van der Waals surface area contributed by atoms with Crippen molar-refractivity contribution in [2.24, 2.45) is 0 Å². The van der Waals surface area contributed by atoms with E-state index in [1.165, 1.54) is 16.8 Å². The van der Waals surface area contributed by atoms with Crippen LogP contribution in [0.4, 0.5) is 10.1 Å². The van der Waals surface area contributed by atoms with Crippen molar-refractivity contribution in [2.75, 3.05) is 18.9 Å². The summed E-state index contributed by atoms with van der Waals surface area (Å²) in [6.45, 7) is 0.583.